The molecule has 0 rings (SSSR count). The van der Waals surface area contributed by atoms with E-state index in [9.17, 15) is 0 Å². The molecule has 0 aliphatic carbocycles. The van der Waals surface area contributed by atoms with Gasteiger partial charge in [-0.25, -0.2) is 0 Å². The monoisotopic (exact) mass is 297 g/mol. The van der Waals surface area contributed by atoms with Crippen LogP contribution in [-0.4, -0.2) is 64.3 Å². The third-order valence-corrected chi connectivity index (χ3v) is 1.23. The Morgan fingerprint density at radius 1 is 0.692 bits per heavy atom. The Labute approximate surface area is 100 Å². The van der Waals surface area contributed by atoms with Crippen molar-refractivity contribution in [3.63, 3.8) is 0 Å². The van der Waals surface area contributed by atoms with E-state index < -0.39 is 0 Å². The third kappa shape index (κ3) is 15.0. The van der Waals surface area contributed by atoms with E-state index in [1.807, 2.05) is 0 Å². The van der Waals surface area contributed by atoms with E-state index in [-0.39, 0.29) is 24.0 Å². The first-order valence-corrected chi connectivity index (χ1v) is 4.27. The number of halogens is 1. The quantitative estimate of drug-likeness (QED) is 0.298. The molecule has 13 heavy (non-hydrogen) atoms. The topological polar surface area (TPSA) is 0 Å². The second-order valence-corrected chi connectivity index (χ2v) is 5.25. The number of nitrogens with zero attached hydrogens (tertiary/aromatic N) is 2. The van der Waals surface area contributed by atoms with E-state index in [1.54, 1.807) is 0 Å². The van der Waals surface area contributed by atoms with Crippen LogP contribution in [0.25, 0.3) is 0 Å². The Bertz CT molecular complexity index is 168. The van der Waals surface area contributed by atoms with Crippen LogP contribution in [0.15, 0.2) is 0 Å². The van der Waals surface area contributed by atoms with Crippen molar-refractivity contribution in [2.75, 3.05) is 55.4 Å². The molecule has 0 radical (unpaired) electrons. The number of hydrogen-bond acceptors (Lipinski definition) is 0. The molecule has 0 heterocycles. The van der Waals surface area contributed by atoms with Crippen LogP contribution in [0.5, 0.6) is 0 Å². The van der Waals surface area contributed by atoms with Crippen LogP contribution in [0.2, 0.25) is 0 Å². The van der Waals surface area contributed by atoms with Gasteiger partial charge in [-0.15, -0.1) is 0 Å². The van der Waals surface area contributed by atoms with E-state index in [2.05, 4.69) is 54.1 Å². The van der Waals surface area contributed by atoms with Crippen molar-refractivity contribution in [2.24, 2.45) is 0 Å². The highest BCUT2D eigenvalue weighted by molar-refractivity contribution is 4.99. The molecule has 0 saturated heterocycles. The SMILES string of the molecule is C[N+](C)(C)CC#CC[N+](C)(C)C.[I-]. The molecule has 0 bridgehead atoms. The lowest BCUT2D eigenvalue weighted by molar-refractivity contribution is -0.864. The highest BCUT2D eigenvalue weighted by atomic mass is 127. The molecule has 0 aromatic heterocycles. The average Bonchev–Trinajstić information content (AvgIpc) is 1.76. The van der Waals surface area contributed by atoms with Crippen LogP contribution in [0.4, 0.5) is 0 Å². The zero-order chi connectivity index (χ0) is 9.83. The van der Waals surface area contributed by atoms with Crippen molar-refractivity contribution in [1.29, 1.82) is 0 Å². The Kier molecular flexibility index (Phi) is 7.04. The fraction of sp³-hybridized carbons (Fsp3) is 0.800. The zero-order valence-electron chi connectivity index (χ0n) is 9.69. The fourth-order valence-corrected chi connectivity index (χ4v) is 0.586. The van der Waals surface area contributed by atoms with Crippen LogP contribution in [0.3, 0.4) is 0 Å². The van der Waals surface area contributed by atoms with Crippen molar-refractivity contribution in [3.05, 3.63) is 0 Å². The first-order valence-electron chi connectivity index (χ1n) is 4.27. The van der Waals surface area contributed by atoms with Crippen LogP contribution >= 0.6 is 0 Å². The lowest BCUT2D eigenvalue weighted by atomic mass is 10.4. The second kappa shape index (κ2) is 5.84. The Morgan fingerprint density at radius 3 is 1.08 bits per heavy atom. The van der Waals surface area contributed by atoms with E-state index in [1.165, 1.54) is 0 Å². The van der Waals surface area contributed by atoms with Gasteiger partial charge in [0.15, 0.2) is 0 Å². The van der Waals surface area contributed by atoms with Gasteiger partial charge in [0, 0.05) is 0 Å². The molecule has 0 aromatic carbocycles. The maximum atomic E-state index is 3.19. The van der Waals surface area contributed by atoms with Crippen LogP contribution in [0, 0.1) is 11.8 Å². The lowest BCUT2D eigenvalue weighted by Gasteiger charge is -2.21. The summed E-state index contributed by atoms with van der Waals surface area (Å²) in [4.78, 5) is 0. The standard InChI is InChI=1S/C10H22N2.HI/c1-11(2,3)9-7-8-10-12(4,5)6;/h9-10H2,1-6H3;1H/q+2;/p-1. The Morgan fingerprint density at radius 2 is 0.923 bits per heavy atom. The van der Waals surface area contributed by atoms with Gasteiger partial charge in [0.2, 0.25) is 0 Å². The summed E-state index contributed by atoms with van der Waals surface area (Å²) in [5.41, 5.74) is 0. The van der Waals surface area contributed by atoms with Crippen molar-refractivity contribution in [1.82, 2.24) is 0 Å². The Hall–Kier alpha value is 0.210. The minimum atomic E-state index is 0. The largest absolute Gasteiger partial charge is 1.00 e. The van der Waals surface area contributed by atoms with Crippen molar-refractivity contribution < 1.29 is 32.9 Å². The van der Waals surface area contributed by atoms with E-state index in [4.69, 9.17) is 0 Å². The molecule has 0 fully saturated rings. The summed E-state index contributed by atoms with van der Waals surface area (Å²) >= 11 is 0. The molecule has 0 N–H and O–H groups in total. The van der Waals surface area contributed by atoms with Gasteiger partial charge in [0.1, 0.15) is 13.1 Å². The summed E-state index contributed by atoms with van der Waals surface area (Å²) in [5, 5.41) is 0. The highest BCUT2D eigenvalue weighted by Crippen LogP contribution is 1.88. The molecule has 0 amide bonds. The molecule has 0 aliphatic rings. The molecule has 78 valence electrons. The summed E-state index contributed by atoms with van der Waals surface area (Å²) in [5.74, 6) is 6.38. The zero-order valence-corrected chi connectivity index (χ0v) is 11.8. The van der Waals surface area contributed by atoms with Gasteiger partial charge in [0.25, 0.3) is 0 Å². The molecule has 0 saturated carbocycles. The average molecular weight is 297 g/mol. The molecule has 0 aliphatic heterocycles. The predicted molar refractivity (Wildman–Crippen MR) is 53.6 cm³/mol. The summed E-state index contributed by atoms with van der Waals surface area (Å²) in [6, 6.07) is 0. The fourth-order valence-electron chi connectivity index (χ4n) is 0.586. The molecule has 0 spiro atoms. The molecule has 3 heteroatoms. The molecular formula is C10H22IN2+. The van der Waals surface area contributed by atoms with Crippen LogP contribution in [-0.2, 0) is 0 Å². The third-order valence-electron chi connectivity index (χ3n) is 1.23. The number of rotatable bonds is 2. The minimum Gasteiger partial charge on any atom is -1.00 e. The van der Waals surface area contributed by atoms with Gasteiger partial charge < -0.3 is 32.9 Å². The summed E-state index contributed by atoms with van der Waals surface area (Å²) in [6.45, 7) is 1.86. The summed E-state index contributed by atoms with van der Waals surface area (Å²) < 4.78 is 1.84. The van der Waals surface area contributed by atoms with E-state index in [0.29, 0.717) is 0 Å². The molecule has 0 aromatic rings. The molecule has 2 nitrogen and oxygen atoms in total. The van der Waals surface area contributed by atoms with Crippen molar-refractivity contribution >= 4 is 0 Å². The predicted octanol–water partition coefficient (Wildman–Crippen LogP) is -2.59. The molecular weight excluding hydrogens is 275 g/mol. The van der Waals surface area contributed by atoms with Crippen LogP contribution in [0.1, 0.15) is 0 Å². The Balaban J connectivity index is 0. The minimum absolute atomic E-state index is 0. The van der Waals surface area contributed by atoms with Gasteiger partial charge in [-0.2, -0.15) is 0 Å². The van der Waals surface area contributed by atoms with Crippen molar-refractivity contribution in [3.8, 4) is 11.8 Å². The van der Waals surface area contributed by atoms with Crippen molar-refractivity contribution in [2.45, 2.75) is 0 Å². The second-order valence-electron chi connectivity index (χ2n) is 5.25. The molecule has 0 unspecified atom stereocenters. The maximum Gasteiger partial charge on any atom is 0.140 e. The number of quaternary nitrogens is 2. The first kappa shape index (κ1) is 15.7. The highest BCUT2D eigenvalue weighted by Gasteiger charge is 2.04. The smallest absolute Gasteiger partial charge is 0.140 e. The van der Waals surface area contributed by atoms with E-state index >= 15 is 0 Å². The van der Waals surface area contributed by atoms with Gasteiger partial charge in [0.05, 0.1) is 42.3 Å². The summed E-state index contributed by atoms with van der Waals surface area (Å²) in [7, 11) is 12.9. The van der Waals surface area contributed by atoms with Gasteiger partial charge in [-0.05, 0) is 11.8 Å². The molecule has 0 atom stereocenters. The number of hydrogen-bond donors (Lipinski definition) is 0. The lowest BCUT2D eigenvalue weighted by Crippen LogP contribution is -3.00. The van der Waals surface area contributed by atoms with Gasteiger partial charge >= 0.3 is 0 Å². The van der Waals surface area contributed by atoms with Gasteiger partial charge in [-0.3, -0.25) is 0 Å². The van der Waals surface area contributed by atoms with E-state index in [0.717, 1.165) is 22.1 Å². The maximum absolute atomic E-state index is 3.19. The first-order chi connectivity index (χ1) is 5.21. The summed E-state index contributed by atoms with van der Waals surface area (Å²) in [6.07, 6.45) is 0. The normalized spacial score (nSPS) is 11.2. The van der Waals surface area contributed by atoms with Crippen LogP contribution < -0.4 is 24.0 Å². The van der Waals surface area contributed by atoms with Gasteiger partial charge in [-0.1, -0.05) is 0 Å².